The number of piperidine rings is 1. The SMILES string of the molecule is NC(=O)[C@H](CC(=O)O)NC(=O)C1CCC2CCCCC2N1. The van der Waals surface area contributed by atoms with Crippen molar-refractivity contribution in [3.05, 3.63) is 0 Å². The van der Waals surface area contributed by atoms with Crippen LogP contribution >= 0.6 is 0 Å². The maximum atomic E-state index is 12.2. The summed E-state index contributed by atoms with van der Waals surface area (Å²) in [5.74, 6) is -1.68. The molecule has 21 heavy (non-hydrogen) atoms. The van der Waals surface area contributed by atoms with Gasteiger partial charge >= 0.3 is 5.97 Å². The highest BCUT2D eigenvalue weighted by Gasteiger charge is 2.35. The van der Waals surface area contributed by atoms with Crippen LogP contribution in [-0.2, 0) is 14.4 Å². The van der Waals surface area contributed by atoms with Gasteiger partial charge in [0, 0.05) is 6.04 Å². The van der Waals surface area contributed by atoms with Crippen LogP contribution < -0.4 is 16.4 Å². The first kappa shape index (κ1) is 15.8. The fraction of sp³-hybridized carbons (Fsp3) is 0.786. The zero-order valence-corrected chi connectivity index (χ0v) is 12.0. The van der Waals surface area contributed by atoms with Crippen LogP contribution in [0.1, 0.15) is 44.9 Å². The van der Waals surface area contributed by atoms with Crippen LogP contribution in [0.15, 0.2) is 0 Å². The van der Waals surface area contributed by atoms with Crippen molar-refractivity contribution in [1.82, 2.24) is 10.6 Å². The lowest BCUT2D eigenvalue weighted by Gasteiger charge is -2.40. The molecule has 1 heterocycles. The third-order valence-corrected chi connectivity index (χ3v) is 4.51. The Hall–Kier alpha value is -1.63. The summed E-state index contributed by atoms with van der Waals surface area (Å²) >= 11 is 0. The Labute approximate surface area is 123 Å². The maximum absolute atomic E-state index is 12.2. The molecule has 3 unspecified atom stereocenters. The molecule has 0 aromatic carbocycles. The van der Waals surface area contributed by atoms with Gasteiger partial charge in [-0.1, -0.05) is 12.8 Å². The van der Waals surface area contributed by atoms with Crippen LogP contribution in [0, 0.1) is 5.92 Å². The zero-order chi connectivity index (χ0) is 15.4. The molecule has 2 amide bonds. The predicted octanol–water partition coefficient (Wildman–Crippen LogP) is -0.258. The first-order chi connectivity index (χ1) is 9.97. The lowest BCUT2D eigenvalue weighted by Crippen LogP contribution is -2.57. The highest BCUT2D eigenvalue weighted by atomic mass is 16.4. The Morgan fingerprint density at radius 3 is 2.57 bits per heavy atom. The van der Waals surface area contributed by atoms with Gasteiger partial charge in [-0.3, -0.25) is 14.4 Å². The molecule has 0 aromatic rings. The minimum atomic E-state index is -1.16. The summed E-state index contributed by atoms with van der Waals surface area (Å²) < 4.78 is 0. The minimum Gasteiger partial charge on any atom is -0.481 e. The number of amides is 2. The molecule has 7 nitrogen and oxygen atoms in total. The summed E-state index contributed by atoms with van der Waals surface area (Å²) in [6, 6.07) is -1.16. The largest absolute Gasteiger partial charge is 0.481 e. The van der Waals surface area contributed by atoms with E-state index in [1.807, 2.05) is 0 Å². The van der Waals surface area contributed by atoms with Crippen molar-refractivity contribution in [1.29, 1.82) is 0 Å². The van der Waals surface area contributed by atoms with Crippen molar-refractivity contribution in [2.24, 2.45) is 11.7 Å². The molecule has 118 valence electrons. The molecule has 0 spiro atoms. The Kier molecular flexibility index (Phi) is 5.17. The molecule has 1 saturated heterocycles. The summed E-state index contributed by atoms with van der Waals surface area (Å²) in [6.07, 6.45) is 5.92. The topological polar surface area (TPSA) is 122 Å². The quantitative estimate of drug-likeness (QED) is 0.557. The van der Waals surface area contributed by atoms with E-state index in [1.54, 1.807) is 0 Å². The molecular weight excluding hydrogens is 274 g/mol. The Balaban J connectivity index is 1.90. The van der Waals surface area contributed by atoms with Gasteiger partial charge in [-0.25, -0.2) is 0 Å². The van der Waals surface area contributed by atoms with E-state index in [4.69, 9.17) is 10.8 Å². The summed E-state index contributed by atoms with van der Waals surface area (Å²) in [5, 5.41) is 14.5. The summed E-state index contributed by atoms with van der Waals surface area (Å²) in [4.78, 5) is 34.1. The van der Waals surface area contributed by atoms with Crippen LogP contribution in [0.4, 0.5) is 0 Å². The molecule has 2 aliphatic rings. The smallest absolute Gasteiger partial charge is 0.305 e. The highest BCUT2D eigenvalue weighted by Crippen LogP contribution is 2.32. The molecule has 7 heteroatoms. The average Bonchev–Trinajstić information content (AvgIpc) is 2.45. The van der Waals surface area contributed by atoms with Crippen molar-refractivity contribution in [2.75, 3.05) is 0 Å². The normalized spacial score (nSPS) is 30.0. The number of nitrogens with two attached hydrogens (primary N) is 1. The third kappa shape index (κ3) is 4.17. The number of carbonyl (C=O) groups is 3. The van der Waals surface area contributed by atoms with E-state index in [0.29, 0.717) is 18.4 Å². The van der Waals surface area contributed by atoms with Gasteiger partial charge in [-0.05, 0) is 31.6 Å². The standard InChI is InChI=1S/C14H23N3O4/c15-13(20)11(7-12(18)19)17-14(21)10-6-5-8-3-1-2-4-9(8)16-10/h8-11,16H,1-7H2,(H2,15,20)(H,17,21)(H,18,19)/t8?,9?,10?,11-/m0/s1. The van der Waals surface area contributed by atoms with Crippen molar-refractivity contribution < 1.29 is 19.5 Å². The number of carboxylic acid groups (broad SMARTS) is 1. The van der Waals surface area contributed by atoms with Crippen molar-refractivity contribution >= 4 is 17.8 Å². The third-order valence-electron chi connectivity index (χ3n) is 4.51. The first-order valence-corrected chi connectivity index (χ1v) is 7.55. The molecule has 5 N–H and O–H groups in total. The first-order valence-electron chi connectivity index (χ1n) is 7.55. The van der Waals surface area contributed by atoms with Crippen LogP contribution in [0.25, 0.3) is 0 Å². The predicted molar refractivity (Wildman–Crippen MR) is 75.3 cm³/mol. The average molecular weight is 297 g/mol. The summed E-state index contributed by atoms with van der Waals surface area (Å²) in [5.41, 5.74) is 5.13. The number of carbonyl (C=O) groups excluding carboxylic acids is 2. The van der Waals surface area contributed by atoms with Gasteiger partial charge in [0.05, 0.1) is 12.5 Å². The molecule has 1 saturated carbocycles. The number of aliphatic carboxylic acids is 1. The number of carboxylic acids is 1. The van der Waals surface area contributed by atoms with Crippen molar-refractivity contribution in [3.8, 4) is 0 Å². The molecule has 0 bridgehead atoms. The molecular formula is C14H23N3O4. The van der Waals surface area contributed by atoms with E-state index < -0.39 is 24.3 Å². The monoisotopic (exact) mass is 297 g/mol. The Morgan fingerprint density at radius 2 is 1.90 bits per heavy atom. The van der Waals surface area contributed by atoms with Crippen molar-refractivity contribution in [3.63, 3.8) is 0 Å². The van der Waals surface area contributed by atoms with Crippen molar-refractivity contribution in [2.45, 2.75) is 63.1 Å². The second kappa shape index (κ2) is 6.89. The molecule has 0 aromatic heterocycles. The number of hydrogen-bond acceptors (Lipinski definition) is 4. The van der Waals surface area contributed by atoms with E-state index in [0.717, 1.165) is 12.8 Å². The molecule has 1 aliphatic heterocycles. The lowest BCUT2D eigenvalue weighted by molar-refractivity contribution is -0.140. The Morgan fingerprint density at radius 1 is 1.19 bits per heavy atom. The second-order valence-electron chi connectivity index (χ2n) is 6.01. The maximum Gasteiger partial charge on any atom is 0.305 e. The van der Waals surface area contributed by atoms with Gasteiger partial charge < -0.3 is 21.5 Å². The van der Waals surface area contributed by atoms with Gasteiger partial charge in [0.2, 0.25) is 11.8 Å². The van der Waals surface area contributed by atoms with E-state index >= 15 is 0 Å². The fourth-order valence-corrected chi connectivity index (χ4v) is 3.37. The molecule has 4 atom stereocenters. The molecule has 0 radical (unpaired) electrons. The molecule has 2 fully saturated rings. The number of fused-ring (bicyclic) bond motifs is 1. The molecule has 2 rings (SSSR count). The Bertz CT molecular complexity index is 426. The van der Waals surface area contributed by atoms with E-state index in [1.165, 1.54) is 19.3 Å². The number of rotatable bonds is 5. The van der Waals surface area contributed by atoms with E-state index in [-0.39, 0.29) is 11.9 Å². The summed E-state index contributed by atoms with van der Waals surface area (Å²) in [7, 11) is 0. The van der Waals surface area contributed by atoms with Gasteiger partial charge in [0.25, 0.3) is 0 Å². The van der Waals surface area contributed by atoms with Crippen LogP contribution in [0.5, 0.6) is 0 Å². The van der Waals surface area contributed by atoms with Gasteiger partial charge in [-0.2, -0.15) is 0 Å². The van der Waals surface area contributed by atoms with E-state index in [2.05, 4.69) is 10.6 Å². The minimum absolute atomic E-state index is 0.330. The summed E-state index contributed by atoms with van der Waals surface area (Å²) in [6.45, 7) is 0. The number of nitrogens with one attached hydrogen (secondary N) is 2. The molecule has 1 aliphatic carbocycles. The number of primary amides is 1. The fourth-order valence-electron chi connectivity index (χ4n) is 3.37. The second-order valence-corrected chi connectivity index (χ2v) is 6.01. The zero-order valence-electron chi connectivity index (χ0n) is 12.0. The highest BCUT2D eigenvalue weighted by molar-refractivity contribution is 5.91. The van der Waals surface area contributed by atoms with E-state index in [9.17, 15) is 14.4 Å². The van der Waals surface area contributed by atoms with Gasteiger partial charge in [0.15, 0.2) is 0 Å². The van der Waals surface area contributed by atoms with Gasteiger partial charge in [-0.15, -0.1) is 0 Å². The van der Waals surface area contributed by atoms with Crippen LogP contribution in [0.2, 0.25) is 0 Å². The van der Waals surface area contributed by atoms with Gasteiger partial charge in [0.1, 0.15) is 6.04 Å². The van der Waals surface area contributed by atoms with Crippen LogP contribution in [0.3, 0.4) is 0 Å². The number of hydrogen-bond donors (Lipinski definition) is 4. The van der Waals surface area contributed by atoms with Crippen LogP contribution in [-0.4, -0.2) is 41.0 Å². The lowest BCUT2D eigenvalue weighted by atomic mass is 9.77.